The van der Waals surface area contributed by atoms with E-state index in [1.165, 1.54) is 18.2 Å². The second-order valence-electron chi connectivity index (χ2n) is 3.38. The zero-order valence-corrected chi connectivity index (χ0v) is 8.53. The summed E-state index contributed by atoms with van der Waals surface area (Å²) in [6.07, 6.45) is -4.47. The van der Waals surface area contributed by atoms with Gasteiger partial charge in [0.2, 0.25) is 0 Å². The Hall–Kier alpha value is -2.05. The summed E-state index contributed by atoms with van der Waals surface area (Å²) in [4.78, 5) is 3.66. The molecule has 0 saturated carbocycles. The number of rotatable bonds is 2. The summed E-state index contributed by atoms with van der Waals surface area (Å²) >= 11 is 0. The number of benzene rings is 1. The zero-order valence-electron chi connectivity index (χ0n) is 8.53. The largest absolute Gasteiger partial charge is 0.416 e. The van der Waals surface area contributed by atoms with Crippen molar-refractivity contribution in [2.24, 2.45) is 0 Å². The first kappa shape index (κ1) is 11.4. The molecule has 0 aliphatic heterocycles. The van der Waals surface area contributed by atoms with Crippen molar-refractivity contribution in [3.63, 3.8) is 0 Å². The second-order valence-corrected chi connectivity index (χ2v) is 3.38. The SMILES string of the molecule is Nc1nc(Cc2ccccc2C(F)(F)F)no1. The molecule has 0 radical (unpaired) electrons. The Morgan fingerprint density at radius 2 is 1.94 bits per heavy atom. The normalized spacial score (nSPS) is 11.7. The van der Waals surface area contributed by atoms with Crippen LogP contribution in [-0.4, -0.2) is 10.1 Å². The second kappa shape index (κ2) is 4.08. The molecule has 2 aromatic rings. The molecule has 1 aromatic carbocycles. The van der Waals surface area contributed by atoms with Crippen LogP contribution in [0.5, 0.6) is 0 Å². The van der Waals surface area contributed by atoms with Gasteiger partial charge in [0, 0.05) is 6.42 Å². The van der Waals surface area contributed by atoms with Crippen molar-refractivity contribution in [2.45, 2.75) is 12.6 Å². The van der Waals surface area contributed by atoms with Crippen LogP contribution in [-0.2, 0) is 12.6 Å². The molecular weight excluding hydrogens is 235 g/mol. The van der Waals surface area contributed by atoms with E-state index in [1.54, 1.807) is 0 Å². The third-order valence-electron chi connectivity index (χ3n) is 2.16. The molecule has 0 fully saturated rings. The number of hydrogen-bond donors (Lipinski definition) is 1. The van der Waals surface area contributed by atoms with E-state index < -0.39 is 11.7 Å². The van der Waals surface area contributed by atoms with Gasteiger partial charge < -0.3 is 10.3 Å². The molecule has 0 unspecified atom stereocenters. The molecule has 17 heavy (non-hydrogen) atoms. The summed E-state index contributed by atoms with van der Waals surface area (Å²) in [6, 6.07) is 5.07. The average Bonchev–Trinajstić information content (AvgIpc) is 2.63. The summed E-state index contributed by atoms with van der Waals surface area (Å²) in [5.41, 5.74) is 4.57. The van der Waals surface area contributed by atoms with E-state index in [0.29, 0.717) is 0 Å². The van der Waals surface area contributed by atoms with Crippen LogP contribution in [0.2, 0.25) is 0 Å². The third-order valence-corrected chi connectivity index (χ3v) is 2.16. The first-order valence-corrected chi connectivity index (χ1v) is 4.70. The molecule has 0 aliphatic rings. The fourth-order valence-electron chi connectivity index (χ4n) is 1.46. The number of nitrogens with zero attached hydrogens (tertiary/aromatic N) is 2. The molecule has 7 heteroatoms. The Morgan fingerprint density at radius 1 is 1.24 bits per heavy atom. The number of nitrogen functional groups attached to an aromatic ring is 1. The predicted molar refractivity (Wildman–Crippen MR) is 53.0 cm³/mol. The van der Waals surface area contributed by atoms with Crippen LogP contribution in [0.1, 0.15) is 17.0 Å². The number of aromatic nitrogens is 2. The van der Waals surface area contributed by atoms with Crippen LogP contribution in [0.4, 0.5) is 19.2 Å². The van der Waals surface area contributed by atoms with Gasteiger partial charge in [0.05, 0.1) is 5.56 Å². The average molecular weight is 243 g/mol. The van der Waals surface area contributed by atoms with E-state index in [9.17, 15) is 13.2 Å². The fraction of sp³-hybridized carbons (Fsp3) is 0.200. The molecule has 0 aliphatic carbocycles. The molecule has 0 amide bonds. The van der Waals surface area contributed by atoms with Crippen LogP contribution in [0.25, 0.3) is 0 Å². The van der Waals surface area contributed by atoms with Crippen LogP contribution in [0, 0.1) is 0 Å². The lowest BCUT2D eigenvalue weighted by atomic mass is 10.0. The lowest BCUT2D eigenvalue weighted by molar-refractivity contribution is -0.138. The minimum Gasteiger partial charge on any atom is -0.351 e. The maximum absolute atomic E-state index is 12.7. The Balaban J connectivity index is 2.33. The number of hydrogen-bond acceptors (Lipinski definition) is 4. The van der Waals surface area contributed by atoms with Gasteiger partial charge in [-0.3, -0.25) is 0 Å². The highest BCUT2D eigenvalue weighted by molar-refractivity contribution is 5.32. The minimum atomic E-state index is -4.40. The summed E-state index contributed by atoms with van der Waals surface area (Å²) in [5, 5.41) is 3.46. The summed E-state index contributed by atoms with van der Waals surface area (Å²) < 4.78 is 42.5. The minimum absolute atomic E-state index is 0.0730. The van der Waals surface area contributed by atoms with E-state index in [0.717, 1.165) is 6.07 Å². The van der Waals surface area contributed by atoms with Crippen molar-refractivity contribution in [3.05, 3.63) is 41.2 Å². The van der Waals surface area contributed by atoms with Gasteiger partial charge >= 0.3 is 12.2 Å². The van der Waals surface area contributed by atoms with Crippen molar-refractivity contribution in [3.8, 4) is 0 Å². The lowest BCUT2D eigenvalue weighted by Gasteiger charge is -2.10. The highest BCUT2D eigenvalue weighted by Crippen LogP contribution is 2.32. The van der Waals surface area contributed by atoms with E-state index in [4.69, 9.17) is 5.73 Å². The summed E-state index contributed by atoms with van der Waals surface area (Å²) in [5.74, 6) is 0.124. The third kappa shape index (κ3) is 2.55. The molecule has 1 heterocycles. The van der Waals surface area contributed by atoms with Crippen molar-refractivity contribution < 1.29 is 17.7 Å². The maximum atomic E-state index is 12.7. The summed E-state index contributed by atoms with van der Waals surface area (Å²) in [6.45, 7) is 0. The Bertz CT molecular complexity index is 522. The summed E-state index contributed by atoms with van der Waals surface area (Å²) in [7, 11) is 0. The molecule has 90 valence electrons. The van der Waals surface area contributed by atoms with Crippen molar-refractivity contribution in [2.75, 3.05) is 5.73 Å². The molecule has 2 rings (SSSR count). The number of alkyl halides is 3. The van der Waals surface area contributed by atoms with Gasteiger partial charge in [-0.1, -0.05) is 23.4 Å². The van der Waals surface area contributed by atoms with Gasteiger partial charge in [-0.25, -0.2) is 0 Å². The van der Waals surface area contributed by atoms with Gasteiger partial charge in [-0.05, 0) is 11.6 Å². The van der Waals surface area contributed by atoms with Gasteiger partial charge in [-0.15, -0.1) is 0 Å². The van der Waals surface area contributed by atoms with Crippen LogP contribution >= 0.6 is 0 Å². The molecule has 4 nitrogen and oxygen atoms in total. The topological polar surface area (TPSA) is 64.9 Å². The van der Waals surface area contributed by atoms with Crippen LogP contribution in [0.3, 0.4) is 0 Å². The standard InChI is InChI=1S/C10H8F3N3O/c11-10(12,13)7-4-2-1-3-6(7)5-8-15-9(14)17-16-8/h1-4H,5H2,(H2,14,15,16). The van der Waals surface area contributed by atoms with E-state index in [1.807, 2.05) is 0 Å². The van der Waals surface area contributed by atoms with Gasteiger partial charge in [-0.2, -0.15) is 18.2 Å². The van der Waals surface area contributed by atoms with Crippen molar-refractivity contribution in [1.29, 1.82) is 0 Å². The molecule has 0 spiro atoms. The Labute approximate surface area is 94.2 Å². The highest BCUT2D eigenvalue weighted by atomic mass is 19.4. The predicted octanol–water partition coefficient (Wildman–Crippen LogP) is 2.26. The van der Waals surface area contributed by atoms with Gasteiger partial charge in [0.1, 0.15) is 0 Å². The smallest absolute Gasteiger partial charge is 0.351 e. The fourth-order valence-corrected chi connectivity index (χ4v) is 1.46. The van der Waals surface area contributed by atoms with Gasteiger partial charge in [0.15, 0.2) is 5.82 Å². The van der Waals surface area contributed by atoms with Crippen molar-refractivity contribution >= 4 is 6.01 Å². The Morgan fingerprint density at radius 3 is 2.53 bits per heavy atom. The van der Waals surface area contributed by atoms with Crippen LogP contribution < -0.4 is 5.73 Å². The first-order chi connectivity index (χ1) is 7.97. The first-order valence-electron chi connectivity index (χ1n) is 4.70. The molecule has 0 bridgehead atoms. The number of anilines is 1. The van der Waals surface area contributed by atoms with Gasteiger partial charge in [0.25, 0.3) is 0 Å². The quantitative estimate of drug-likeness (QED) is 0.878. The van der Waals surface area contributed by atoms with Crippen molar-refractivity contribution in [1.82, 2.24) is 10.1 Å². The maximum Gasteiger partial charge on any atom is 0.416 e. The molecule has 0 saturated heterocycles. The van der Waals surface area contributed by atoms with E-state index in [-0.39, 0.29) is 23.8 Å². The zero-order chi connectivity index (χ0) is 12.5. The van der Waals surface area contributed by atoms with Crippen LogP contribution in [0.15, 0.2) is 28.8 Å². The Kier molecular flexibility index (Phi) is 2.74. The molecule has 2 N–H and O–H groups in total. The number of nitrogens with two attached hydrogens (primary N) is 1. The highest BCUT2D eigenvalue weighted by Gasteiger charge is 2.33. The molecular formula is C10H8F3N3O. The van der Waals surface area contributed by atoms with E-state index in [2.05, 4.69) is 14.7 Å². The number of halogens is 3. The molecule has 0 atom stereocenters. The molecule has 1 aromatic heterocycles. The monoisotopic (exact) mass is 243 g/mol. The van der Waals surface area contributed by atoms with E-state index >= 15 is 0 Å². The lowest BCUT2D eigenvalue weighted by Crippen LogP contribution is -2.09.